The maximum absolute atomic E-state index is 13.5. The van der Waals surface area contributed by atoms with E-state index in [-0.39, 0.29) is 34.4 Å². The largest absolute Gasteiger partial charge is 0.396 e. The summed E-state index contributed by atoms with van der Waals surface area (Å²) in [6.07, 6.45) is 1.08. The maximum Gasteiger partial charge on any atom is 0.244 e. The second-order valence-electron chi connectivity index (χ2n) is 8.63. The van der Waals surface area contributed by atoms with Gasteiger partial charge in [0.25, 0.3) is 0 Å². The number of carbonyl (C=O) groups excluding carboxylic acids is 3. The Hall–Kier alpha value is -0.880. The summed E-state index contributed by atoms with van der Waals surface area (Å²) >= 11 is 5.35. The molecule has 4 rings (SSSR count). The summed E-state index contributed by atoms with van der Waals surface area (Å²) in [4.78, 5) is 43.6. The molecule has 0 aromatic rings. The van der Waals surface area contributed by atoms with Crippen molar-refractivity contribution in [3.63, 3.8) is 0 Å². The Bertz CT molecular complexity index is 724. The number of carbonyl (C=O) groups is 3. The second kappa shape index (κ2) is 9.54. The summed E-state index contributed by atoms with van der Waals surface area (Å²) in [5, 5.41) is 15.1. The summed E-state index contributed by atoms with van der Waals surface area (Å²) in [5.41, 5.74) is 0. The Morgan fingerprint density at radius 2 is 2.03 bits per heavy atom. The van der Waals surface area contributed by atoms with Crippen LogP contribution in [0.1, 0.15) is 12.8 Å². The monoisotopic (exact) mass is 518 g/mol. The zero-order valence-electron chi connectivity index (χ0n) is 17.7. The third kappa shape index (κ3) is 4.01. The van der Waals surface area contributed by atoms with Crippen molar-refractivity contribution in [2.24, 2.45) is 11.8 Å². The van der Waals surface area contributed by atoms with E-state index in [0.717, 1.165) is 19.6 Å². The van der Waals surface area contributed by atoms with Gasteiger partial charge >= 0.3 is 0 Å². The zero-order valence-corrected chi connectivity index (χ0v) is 20.1. The third-order valence-corrected chi connectivity index (χ3v) is 10.2. The van der Waals surface area contributed by atoms with E-state index in [9.17, 15) is 19.5 Å². The summed E-state index contributed by atoms with van der Waals surface area (Å²) in [5.74, 6) is -1.40. The number of amides is 3. The fraction of sp³-hybridized carbons (Fsp3) is 0.850. The van der Waals surface area contributed by atoms with Gasteiger partial charge in [-0.1, -0.05) is 15.9 Å². The van der Waals surface area contributed by atoms with Crippen LogP contribution in [0.5, 0.6) is 0 Å². The fourth-order valence-electron chi connectivity index (χ4n) is 5.64. The van der Waals surface area contributed by atoms with Crippen molar-refractivity contribution in [3.8, 4) is 0 Å². The average Bonchev–Trinajstić information content (AvgIpc) is 3.35. The van der Waals surface area contributed by atoms with Crippen molar-refractivity contribution in [2.75, 3.05) is 59.6 Å². The smallest absolute Gasteiger partial charge is 0.244 e. The van der Waals surface area contributed by atoms with E-state index >= 15 is 0 Å². The van der Waals surface area contributed by atoms with Gasteiger partial charge in [-0.05, 0) is 12.8 Å². The van der Waals surface area contributed by atoms with Gasteiger partial charge in [-0.25, -0.2) is 0 Å². The lowest BCUT2D eigenvalue weighted by Gasteiger charge is -2.35. The van der Waals surface area contributed by atoms with Crippen LogP contribution in [-0.2, 0) is 19.1 Å². The van der Waals surface area contributed by atoms with E-state index in [1.54, 1.807) is 23.7 Å². The molecule has 9 nitrogen and oxygen atoms in total. The van der Waals surface area contributed by atoms with Crippen molar-refractivity contribution < 1.29 is 24.2 Å². The van der Waals surface area contributed by atoms with E-state index < -0.39 is 22.6 Å². The first-order valence-electron chi connectivity index (χ1n) is 11.0. The predicted octanol–water partition coefficient (Wildman–Crippen LogP) is -0.972. The number of alkyl halides is 1. The molecule has 2 bridgehead atoms. The number of likely N-dealkylation sites (tertiary alicyclic amines) is 1. The lowest BCUT2D eigenvalue weighted by Crippen LogP contribution is -2.55. The second-order valence-corrected chi connectivity index (χ2v) is 11.3. The van der Waals surface area contributed by atoms with Gasteiger partial charge in [-0.3, -0.25) is 19.3 Å². The van der Waals surface area contributed by atoms with Crippen LogP contribution in [0.3, 0.4) is 0 Å². The first kappa shape index (κ1) is 23.3. The molecule has 4 fully saturated rings. The van der Waals surface area contributed by atoms with E-state index in [4.69, 9.17) is 4.74 Å². The highest BCUT2D eigenvalue weighted by atomic mass is 79.9. The Kier molecular flexibility index (Phi) is 7.17. The molecule has 4 saturated heterocycles. The quantitative estimate of drug-likeness (QED) is 0.354. The number of hydrogen-bond acceptors (Lipinski definition) is 7. The van der Waals surface area contributed by atoms with Gasteiger partial charge < -0.3 is 25.4 Å². The Balaban J connectivity index is 1.54. The van der Waals surface area contributed by atoms with E-state index in [0.29, 0.717) is 39.1 Å². The number of ether oxygens (including phenoxy) is 1. The number of thioether (sulfide) groups is 1. The van der Waals surface area contributed by atoms with Gasteiger partial charge in [0.1, 0.15) is 6.04 Å². The van der Waals surface area contributed by atoms with Crippen molar-refractivity contribution >= 4 is 45.4 Å². The van der Waals surface area contributed by atoms with Crippen LogP contribution in [0.25, 0.3) is 0 Å². The zero-order chi connectivity index (χ0) is 22.2. The topological polar surface area (TPSA) is 111 Å². The molecule has 4 heterocycles. The number of rotatable bonds is 8. The molecular weight excluding hydrogens is 488 g/mol. The van der Waals surface area contributed by atoms with Crippen molar-refractivity contribution in [1.29, 1.82) is 0 Å². The first-order chi connectivity index (χ1) is 14.9. The van der Waals surface area contributed by atoms with Crippen LogP contribution in [0.4, 0.5) is 0 Å². The lowest BCUT2D eigenvalue weighted by atomic mass is 9.70. The number of halogens is 1. The van der Waals surface area contributed by atoms with Crippen LogP contribution in [0, 0.1) is 11.8 Å². The minimum absolute atomic E-state index is 0.0301. The summed E-state index contributed by atoms with van der Waals surface area (Å²) in [6.45, 7) is 4.61. The van der Waals surface area contributed by atoms with Crippen molar-refractivity contribution in [1.82, 2.24) is 20.4 Å². The molecule has 3 amide bonds. The maximum atomic E-state index is 13.5. The number of aliphatic hydroxyl groups is 1. The van der Waals surface area contributed by atoms with Crippen LogP contribution < -0.4 is 10.6 Å². The van der Waals surface area contributed by atoms with E-state index in [1.807, 2.05) is 0 Å². The fourth-order valence-corrected chi connectivity index (χ4v) is 9.25. The third-order valence-electron chi connectivity index (χ3n) is 6.97. The number of nitrogens with one attached hydrogen (secondary N) is 2. The molecule has 1 spiro atoms. The molecule has 3 N–H and O–H groups in total. The summed E-state index contributed by atoms with van der Waals surface area (Å²) in [7, 11) is 1.59. The van der Waals surface area contributed by atoms with Crippen molar-refractivity contribution in [3.05, 3.63) is 0 Å². The number of aliphatic hydroxyl groups excluding tert-OH is 1. The molecule has 11 heteroatoms. The SMILES string of the molecule is CNC(=O)[C@H]1[C@H]2C(=O)N(CCCO)C(C(=O)NCCN3CCOCC3)C23CC(Br)[C@@H]1S3. The Morgan fingerprint density at radius 3 is 2.71 bits per heavy atom. The summed E-state index contributed by atoms with van der Waals surface area (Å²) in [6, 6.07) is -0.633. The van der Waals surface area contributed by atoms with Crippen LogP contribution >= 0.6 is 27.7 Å². The predicted molar refractivity (Wildman–Crippen MR) is 120 cm³/mol. The molecule has 0 aromatic carbocycles. The summed E-state index contributed by atoms with van der Waals surface area (Å²) < 4.78 is 4.75. The highest BCUT2D eigenvalue weighted by molar-refractivity contribution is 9.09. The number of fused-ring (bicyclic) bond motifs is 1. The molecule has 31 heavy (non-hydrogen) atoms. The molecule has 0 saturated carbocycles. The van der Waals surface area contributed by atoms with Gasteiger partial charge in [0.15, 0.2) is 0 Å². The average molecular weight is 519 g/mol. The molecule has 0 aromatic heterocycles. The van der Waals surface area contributed by atoms with Crippen molar-refractivity contribution in [2.45, 2.75) is 33.7 Å². The Labute approximate surface area is 195 Å². The molecule has 0 radical (unpaired) electrons. The minimum Gasteiger partial charge on any atom is -0.396 e. The van der Waals surface area contributed by atoms with Crippen LogP contribution in [-0.4, -0.2) is 113 Å². The van der Waals surface area contributed by atoms with Gasteiger partial charge in [0.05, 0.1) is 29.8 Å². The Morgan fingerprint density at radius 1 is 1.29 bits per heavy atom. The van der Waals surface area contributed by atoms with E-state index in [2.05, 4.69) is 31.5 Å². The molecule has 6 atom stereocenters. The van der Waals surface area contributed by atoms with Gasteiger partial charge in [0, 0.05) is 56.5 Å². The highest BCUT2D eigenvalue weighted by Gasteiger charge is 2.75. The lowest BCUT2D eigenvalue weighted by molar-refractivity contribution is -0.140. The first-order valence-corrected chi connectivity index (χ1v) is 12.8. The van der Waals surface area contributed by atoms with Crippen LogP contribution in [0.15, 0.2) is 0 Å². The van der Waals surface area contributed by atoms with Gasteiger partial charge in [0.2, 0.25) is 17.7 Å². The molecule has 3 unspecified atom stereocenters. The molecule has 4 aliphatic heterocycles. The molecular formula is C20H31BrN4O5S. The normalized spacial score (nSPS) is 37.2. The standard InChI is InChI=1S/C20H31BrN4O5S/c1-22-17(27)13-14-19(29)25(4-2-8-26)16(20(14)11-12(21)15(13)31-20)18(28)23-3-5-24-6-9-30-10-7-24/h12-16,26H,2-11H2,1H3,(H,22,27)(H,23,28)/t12?,13-,14-,15-,16?,20?/m0/s1. The highest BCUT2D eigenvalue weighted by Crippen LogP contribution is 2.67. The number of morpholine rings is 1. The number of nitrogens with zero attached hydrogens (tertiary/aromatic N) is 2. The van der Waals surface area contributed by atoms with Gasteiger partial charge in [-0.15, -0.1) is 11.8 Å². The number of hydrogen-bond donors (Lipinski definition) is 3. The molecule has 4 aliphatic rings. The van der Waals surface area contributed by atoms with Gasteiger partial charge in [-0.2, -0.15) is 0 Å². The minimum atomic E-state index is -0.633. The van der Waals surface area contributed by atoms with Crippen LogP contribution in [0.2, 0.25) is 0 Å². The van der Waals surface area contributed by atoms with E-state index in [1.165, 1.54) is 0 Å². The molecule has 0 aliphatic carbocycles. The molecule has 174 valence electrons.